The summed E-state index contributed by atoms with van der Waals surface area (Å²) in [5, 5.41) is 11.7. The molecule has 0 saturated heterocycles. The van der Waals surface area contributed by atoms with Crippen molar-refractivity contribution in [3.05, 3.63) is 28.3 Å². The Morgan fingerprint density at radius 1 is 0.720 bits per heavy atom. The number of hydrogen-bond acceptors (Lipinski definition) is 1. The highest BCUT2D eigenvalue weighted by atomic mass is 16.3. The molecule has 0 bridgehead atoms. The summed E-state index contributed by atoms with van der Waals surface area (Å²) in [5.41, 5.74) is 6.00. The summed E-state index contributed by atoms with van der Waals surface area (Å²) in [6.07, 6.45) is 6.76. The zero-order valence-corrected chi connectivity index (χ0v) is 17.8. The molecule has 140 valence electrons. The van der Waals surface area contributed by atoms with Crippen molar-refractivity contribution in [2.45, 2.75) is 116 Å². The van der Waals surface area contributed by atoms with Gasteiger partial charge in [-0.1, -0.05) is 61.5 Å². The highest BCUT2D eigenvalue weighted by molar-refractivity contribution is 5.64. The lowest BCUT2D eigenvalue weighted by Gasteiger charge is -2.33. The van der Waals surface area contributed by atoms with E-state index < -0.39 is 0 Å². The summed E-state index contributed by atoms with van der Waals surface area (Å²) in [6.45, 7) is 18.7. The van der Waals surface area contributed by atoms with Gasteiger partial charge in [0.2, 0.25) is 0 Å². The second-order valence-corrected chi connectivity index (χ2v) is 10.2. The van der Waals surface area contributed by atoms with Crippen molar-refractivity contribution in [1.29, 1.82) is 0 Å². The molecule has 0 atom stereocenters. The van der Waals surface area contributed by atoms with Crippen molar-refractivity contribution in [3.8, 4) is 5.75 Å². The first-order valence-corrected chi connectivity index (χ1v) is 10.5. The predicted molar refractivity (Wildman–Crippen MR) is 108 cm³/mol. The zero-order valence-electron chi connectivity index (χ0n) is 17.8. The van der Waals surface area contributed by atoms with Crippen LogP contribution in [0.2, 0.25) is 0 Å². The van der Waals surface area contributed by atoms with Crippen LogP contribution in [0.25, 0.3) is 0 Å². The van der Waals surface area contributed by atoms with Crippen molar-refractivity contribution < 1.29 is 5.11 Å². The van der Waals surface area contributed by atoms with E-state index in [1.54, 1.807) is 0 Å². The molecular formula is C24H38O. The smallest absolute Gasteiger partial charge is 0.123 e. The van der Waals surface area contributed by atoms with E-state index in [1.807, 2.05) is 0 Å². The minimum atomic E-state index is 0.137. The third-order valence-electron chi connectivity index (χ3n) is 8.09. The molecule has 1 aromatic rings. The summed E-state index contributed by atoms with van der Waals surface area (Å²) in [5.74, 6) is 0.663. The molecule has 0 aliphatic heterocycles. The van der Waals surface area contributed by atoms with E-state index in [0.717, 1.165) is 38.5 Å². The summed E-state index contributed by atoms with van der Waals surface area (Å²) >= 11 is 0. The lowest BCUT2D eigenvalue weighted by molar-refractivity contribution is 0.307. The molecule has 1 aromatic carbocycles. The highest BCUT2D eigenvalue weighted by Gasteiger charge is 2.53. The van der Waals surface area contributed by atoms with Gasteiger partial charge in [0.1, 0.15) is 5.75 Å². The zero-order chi connectivity index (χ0) is 18.8. The van der Waals surface area contributed by atoms with Gasteiger partial charge < -0.3 is 5.11 Å². The first-order chi connectivity index (χ1) is 11.5. The van der Waals surface area contributed by atoms with Crippen LogP contribution in [0.1, 0.15) is 116 Å². The lowest BCUT2D eigenvalue weighted by atomic mass is 9.71. The molecule has 25 heavy (non-hydrogen) atoms. The average Bonchev–Trinajstić information content (AvgIpc) is 2.95. The van der Waals surface area contributed by atoms with Crippen LogP contribution in [0.4, 0.5) is 0 Å². The summed E-state index contributed by atoms with van der Waals surface area (Å²) < 4.78 is 0. The first-order valence-electron chi connectivity index (χ1n) is 10.5. The van der Waals surface area contributed by atoms with Crippen molar-refractivity contribution in [2.24, 2.45) is 0 Å². The van der Waals surface area contributed by atoms with Gasteiger partial charge in [0.15, 0.2) is 0 Å². The monoisotopic (exact) mass is 342 g/mol. The molecule has 0 amide bonds. The maximum atomic E-state index is 11.7. The standard InChI is InChI=1S/C24H38O/c1-9-23(10-2)14-21(5,6)16-13-17-19(20(25)18(16)23)24(11-3,12-4)15-22(17,7)8/h13,25H,9-12,14-15H2,1-8H3. The number of phenolic OH excluding ortho intramolecular Hbond substituents is 1. The average molecular weight is 343 g/mol. The SMILES string of the molecule is CCC1(CC)CC(C)(C)c2cc3c(c(O)c21)C(CC)(CC)CC3(C)C. The quantitative estimate of drug-likeness (QED) is 0.633. The number of benzene rings is 1. The number of rotatable bonds is 4. The summed E-state index contributed by atoms with van der Waals surface area (Å²) in [4.78, 5) is 0. The number of aromatic hydroxyl groups is 1. The Balaban J connectivity index is 2.41. The van der Waals surface area contributed by atoms with E-state index in [2.05, 4.69) is 61.5 Å². The van der Waals surface area contributed by atoms with Crippen LogP contribution in [-0.2, 0) is 21.7 Å². The van der Waals surface area contributed by atoms with Gasteiger partial charge in [0.25, 0.3) is 0 Å². The minimum absolute atomic E-state index is 0.137. The van der Waals surface area contributed by atoms with Gasteiger partial charge in [-0.2, -0.15) is 0 Å². The van der Waals surface area contributed by atoms with Crippen LogP contribution in [0.15, 0.2) is 6.07 Å². The fraction of sp³-hybridized carbons (Fsp3) is 0.750. The van der Waals surface area contributed by atoms with Crippen LogP contribution in [0.3, 0.4) is 0 Å². The van der Waals surface area contributed by atoms with E-state index in [0.29, 0.717) is 5.75 Å². The van der Waals surface area contributed by atoms with Crippen LogP contribution in [0.5, 0.6) is 5.75 Å². The Labute approximate surface area is 155 Å². The number of phenols is 1. The van der Waals surface area contributed by atoms with Gasteiger partial charge in [-0.25, -0.2) is 0 Å². The fourth-order valence-electron chi connectivity index (χ4n) is 6.58. The molecule has 2 aliphatic carbocycles. The fourth-order valence-corrected chi connectivity index (χ4v) is 6.58. The topological polar surface area (TPSA) is 20.2 Å². The summed E-state index contributed by atoms with van der Waals surface area (Å²) in [7, 11) is 0. The molecule has 0 heterocycles. The van der Waals surface area contributed by atoms with E-state index in [1.165, 1.54) is 22.3 Å². The van der Waals surface area contributed by atoms with Gasteiger partial charge in [0, 0.05) is 11.1 Å². The van der Waals surface area contributed by atoms with Gasteiger partial charge in [0.05, 0.1) is 0 Å². The van der Waals surface area contributed by atoms with Gasteiger partial charge in [-0.3, -0.25) is 0 Å². The molecule has 0 fully saturated rings. The van der Waals surface area contributed by atoms with Crippen LogP contribution >= 0.6 is 0 Å². The minimum Gasteiger partial charge on any atom is -0.507 e. The maximum absolute atomic E-state index is 11.7. The third-order valence-corrected chi connectivity index (χ3v) is 8.09. The van der Waals surface area contributed by atoms with Gasteiger partial charge in [-0.05, 0) is 71.3 Å². The molecule has 0 saturated carbocycles. The van der Waals surface area contributed by atoms with Crippen molar-refractivity contribution >= 4 is 0 Å². The van der Waals surface area contributed by atoms with E-state index in [-0.39, 0.29) is 21.7 Å². The largest absolute Gasteiger partial charge is 0.507 e. The van der Waals surface area contributed by atoms with E-state index >= 15 is 0 Å². The number of hydrogen-bond donors (Lipinski definition) is 1. The van der Waals surface area contributed by atoms with E-state index in [9.17, 15) is 5.11 Å². The maximum Gasteiger partial charge on any atom is 0.123 e. The molecule has 1 nitrogen and oxygen atoms in total. The Bertz CT molecular complexity index is 628. The van der Waals surface area contributed by atoms with Gasteiger partial charge >= 0.3 is 0 Å². The molecule has 0 spiro atoms. The van der Waals surface area contributed by atoms with Crippen LogP contribution in [0, 0.1) is 0 Å². The highest BCUT2D eigenvalue weighted by Crippen LogP contribution is 2.63. The second-order valence-electron chi connectivity index (χ2n) is 10.2. The molecule has 3 rings (SSSR count). The van der Waals surface area contributed by atoms with Crippen molar-refractivity contribution in [3.63, 3.8) is 0 Å². The molecule has 0 aromatic heterocycles. The van der Waals surface area contributed by atoms with Crippen molar-refractivity contribution in [1.82, 2.24) is 0 Å². The molecular weight excluding hydrogens is 304 g/mol. The Morgan fingerprint density at radius 3 is 1.32 bits per heavy atom. The molecule has 1 heteroatoms. The third kappa shape index (κ3) is 2.26. The van der Waals surface area contributed by atoms with Crippen LogP contribution < -0.4 is 0 Å². The normalized spacial score (nSPS) is 24.2. The molecule has 0 unspecified atom stereocenters. The Morgan fingerprint density at radius 2 is 1.04 bits per heavy atom. The van der Waals surface area contributed by atoms with Gasteiger partial charge in [-0.15, -0.1) is 0 Å². The predicted octanol–water partition coefficient (Wildman–Crippen LogP) is 6.87. The molecule has 1 N–H and O–H groups in total. The lowest BCUT2D eigenvalue weighted by Crippen LogP contribution is -2.26. The molecule has 2 aliphatic rings. The Hall–Kier alpha value is -0.980. The second kappa shape index (κ2) is 5.51. The Kier molecular flexibility index (Phi) is 4.14. The van der Waals surface area contributed by atoms with E-state index in [4.69, 9.17) is 0 Å². The first kappa shape index (κ1) is 18.8. The molecule has 0 radical (unpaired) electrons. The summed E-state index contributed by atoms with van der Waals surface area (Å²) in [6, 6.07) is 2.50. The van der Waals surface area contributed by atoms with Crippen molar-refractivity contribution in [2.75, 3.05) is 0 Å². The van der Waals surface area contributed by atoms with Crippen LogP contribution in [-0.4, -0.2) is 5.11 Å². The number of fused-ring (bicyclic) bond motifs is 2.